The van der Waals surface area contributed by atoms with Crippen molar-refractivity contribution >= 4 is 0 Å². The molecule has 0 aliphatic heterocycles. The van der Waals surface area contributed by atoms with Crippen LogP contribution >= 0.6 is 0 Å². The largest absolute Gasteiger partial charge is 1.00 e. The van der Waals surface area contributed by atoms with Crippen LogP contribution in [0.5, 0.6) is 5.75 Å². The van der Waals surface area contributed by atoms with E-state index in [1.807, 2.05) is 105 Å². The number of aromatic nitrogens is 5. The first-order valence-corrected chi connectivity index (χ1v) is 14.3. The molecule has 0 unspecified atom stereocenters. The number of rotatable bonds is 5. The molecule has 1 aromatic carbocycles. The average Bonchev–Trinajstić information content (AvgIpc) is 3.02. The summed E-state index contributed by atoms with van der Waals surface area (Å²) < 4.78 is 5.22. The summed E-state index contributed by atoms with van der Waals surface area (Å²) in [5.41, 5.74) is 16.9. The molecule has 5 aromatic heterocycles. The molecule has 0 fully saturated rings. The van der Waals surface area contributed by atoms with E-state index in [0.29, 0.717) is 0 Å². The van der Waals surface area contributed by atoms with Crippen LogP contribution in [-0.2, 0) is 19.8 Å². The van der Waals surface area contributed by atoms with E-state index in [0.717, 1.165) is 39.8 Å². The van der Waals surface area contributed by atoms with Crippen molar-refractivity contribution < 1.29 is 24.5 Å². The van der Waals surface area contributed by atoms with E-state index in [2.05, 4.69) is 58.7 Å². The zero-order valence-corrected chi connectivity index (χ0v) is 28.7. The maximum atomic E-state index is 5.32. The Morgan fingerprint density at radius 2 is 0.889 bits per heavy atom. The van der Waals surface area contributed by atoms with Gasteiger partial charge in [-0.25, -0.2) is 0 Å². The third-order valence-electron chi connectivity index (χ3n) is 6.40. The van der Waals surface area contributed by atoms with Crippen molar-refractivity contribution in [3.05, 3.63) is 144 Å². The molecule has 6 aromatic rings. The number of nitrogens with zero attached hydrogens (tertiary/aromatic N) is 5. The van der Waals surface area contributed by atoms with Crippen LogP contribution in [0.15, 0.2) is 110 Å². The van der Waals surface area contributed by atoms with Gasteiger partial charge < -0.3 is 9.72 Å². The molecule has 1 radical (unpaired) electrons. The quantitative estimate of drug-likeness (QED) is 0.142. The number of nitrogens with two attached hydrogens (primary N) is 1. The van der Waals surface area contributed by atoms with Gasteiger partial charge in [0, 0.05) is 31.0 Å². The second kappa shape index (κ2) is 17.6. The Balaban J connectivity index is 0.000000183. The van der Waals surface area contributed by atoms with Crippen LogP contribution < -0.4 is 10.5 Å². The van der Waals surface area contributed by atoms with Gasteiger partial charge in [0.1, 0.15) is 12.5 Å². The molecule has 0 atom stereocenters. The minimum Gasteiger partial charge on any atom is -0.479 e. The molecule has 7 nitrogen and oxygen atoms in total. The van der Waals surface area contributed by atoms with E-state index < -0.39 is 0 Å². The van der Waals surface area contributed by atoms with E-state index >= 15 is 0 Å². The monoisotopic (exact) mass is 773 g/mol. The third-order valence-corrected chi connectivity index (χ3v) is 6.40. The van der Waals surface area contributed by atoms with Crippen molar-refractivity contribution in [3.63, 3.8) is 0 Å². The number of benzene rings is 1. The van der Waals surface area contributed by atoms with Crippen LogP contribution in [0, 0.1) is 40.7 Å². The summed E-state index contributed by atoms with van der Waals surface area (Å²) in [6.45, 7) is 10.4. The van der Waals surface area contributed by atoms with Crippen LogP contribution in [0.25, 0.3) is 34.0 Å². The smallest absolute Gasteiger partial charge is 0.479 e. The van der Waals surface area contributed by atoms with Gasteiger partial charge in [-0.15, -0.1) is 35.4 Å². The van der Waals surface area contributed by atoms with Crippen molar-refractivity contribution in [2.24, 2.45) is 5.73 Å². The summed E-state index contributed by atoms with van der Waals surface area (Å²) in [5, 5.41) is 0. The van der Waals surface area contributed by atoms with Gasteiger partial charge in [0.25, 0.3) is 0 Å². The Morgan fingerprint density at radius 3 is 1.27 bits per heavy atom. The Kier molecular flexibility index (Phi) is 13.6. The number of aryl methyl sites for hydroxylation is 5. The molecule has 8 heteroatoms. The van der Waals surface area contributed by atoms with Gasteiger partial charge in [0.05, 0.1) is 22.8 Å². The number of pyridine rings is 5. The maximum absolute atomic E-state index is 5.32. The predicted octanol–water partition coefficient (Wildman–Crippen LogP) is 7.67. The summed E-state index contributed by atoms with van der Waals surface area (Å²) in [4.78, 5) is 21.4. The van der Waals surface area contributed by atoms with Crippen molar-refractivity contribution in [1.82, 2.24) is 24.9 Å². The summed E-state index contributed by atoms with van der Waals surface area (Å²) in [6.07, 6.45) is 8.96. The first-order valence-electron chi connectivity index (χ1n) is 14.3. The van der Waals surface area contributed by atoms with Gasteiger partial charge in [-0.05, 0) is 116 Å². The molecule has 0 spiro atoms. The zero-order chi connectivity index (χ0) is 31.3. The molecule has 45 heavy (non-hydrogen) atoms. The predicted molar refractivity (Wildman–Crippen MR) is 177 cm³/mol. The molecule has 229 valence electrons. The first kappa shape index (κ1) is 34.9. The molecule has 0 aliphatic carbocycles. The van der Waals surface area contributed by atoms with Gasteiger partial charge in [-0.1, -0.05) is 6.92 Å². The molecule has 0 amide bonds. The van der Waals surface area contributed by atoms with E-state index in [9.17, 15) is 0 Å². The second-order valence-corrected chi connectivity index (χ2v) is 10.3. The van der Waals surface area contributed by atoms with E-state index in [-0.39, 0.29) is 26.5 Å². The summed E-state index contributed by atoms with van der Waals surface area (Å²) in [5.74, 6) is 0.724. The van der Waals surface area contributed by atoms with Crippen molar-refractivity contribution in [2.75, 3.05) is 6.73 Å². The Morgan fingerprint density at radius 1 is 0.511 bits per heavy atom. The molecule has 0 saturated carbocycles. The van der Waals surface area contributed by atoms with E-state index in [4.69, 9.17) is 10.5 Å². The van der Waals surface area contributed by atoms with E-state index in [1.165, 1.54) is 27.8 Å². The van der Waals surface area contributed by atoms with Crippen molar-refractivity contribution in [3.8, 4) is 39.8 Å². The molecular weight excluding hydrogens is 735 g/mol. The van der Waals surface area contributed by atoms with Crippen LogP contribution in [0.2, 0.25) is 0 Å². The van der Waals surface area contributed by atoms with Crippen LogP contribution in [0.3, 0.4) is 0 Å². The van der Waals surface area contributed by atoms with Crippen LogP contribution in [0.1, 0.15) is 27.8 Å². The Bertz CT molecular complexity index is 1640. The van der Waals surface area contributed by atoms with Gasteiger partial charge in [0.2, 0.25) is 0 Å². The topological polar surface area (TPSA) is 99.7 Å². The molecule has 6 rings (SSSR count). The van der Waals surface area contributed by atoms with Crippen molar-refractivity contribution in [2.45, 2.75) is 34.6 Å². The molecule has 5 heterocycles. The van der Waals surface area contributed by atoms with Gasteiger partial charge >= 0.3 is 19.8 Å². The minimum absolute atomic E-state index is 0. The summed E-state index contributed by atoms with van der Waals surface area (Å²) >= 11 is 0. The fourth-order valence-corrected chi connectivity index (χ4v) is 4.18. The fraction of sp³-hybridized carbons (Fsp3) is 0.162. The average molecular weight is 772 g/mol. The number of hydrogen-bond acceptors (Lipinski definition) is 7. The Labute approximate surface area is 279 Å². The SMILES string of the molecule is Cc1cc[c-]c(-c2cc(OCN)ccn2)c1.Cc1ccnc(-c2cc(C)ccn2)c1.Cc1ccnc(-c2cc(C)ccn2)c1.[Os+]. The summed E-state index contributed by atoms with van der Waals surface area (Å²) in [7, 11) is 0. The van der Waals surface area contributed by atoms with E-state index in [1.54, 1.807) is 12.3 Å². The van der Waals surface area contributed by atoms with Crippen LogP contribution in [0.4, 0.5) is 0 Å². The van der Waals surface area contributed by atoms with Gasteiger partial charge in [-0.2, -0.15) is 0 Å². The van der Waals surface area contributed by atoms with Crippen LogP contribution in [-0.4, -0.2) is 31.7 Å². The fourth-order valence-electron chi connectivity index (χ4n) is 4.18. The normalized spacial score (nSPS) is 9.91. The second-order valence-electron chi connectivity index (χ2n) is 10.3. The molecule has 2 N–H and O–H groups in total. The minimum atomic E-state index is 0. The number of hydrogen-bond donors (Lipinski definition) is 1. The number of ether oxygens (including phenoxy) is 1. The zero-order valence-electron chi connectivity index (χ0n) is 26.2. The van der Waals surface area contributed by atoms with Gasteiger partial charge in [0.15, 0.2) is 0 Å². The van der Waals surface area contributed by atoms with Gasteiger partial charge in [-0.3, -0.25) is 25.7 Å². The molecule has 0 aliphatic rings. The molecule has 0 bridgehead atoms. The third kappa shape index (κ3) is 11.1. The maximum Gasteiger partial charge on any atom is 1.00 e. The molecule has 0 saturated heterocycles. The summed E-state index contributed by atoms with van der Waals surface area (Å²) in [6, 6.07) is 28.8. The standard InChI is InChI=1S/C13H13N2O.2C12H12N2.Os/c1-10-3-2-4-11(7-10)13-8-12(16-9-14)5-6-15-13;2*1-9-3-5-13-11(7-9)12-8-10(2)4-6-14-12;/h2-3,5-8H,9,14H2,1H3;2*3-8H,1-2H3;/q-1;;;+1. The Hall–Kier alpha value is -4.63. The first-order chi connectivity index (χ1) is 21.3. The van der Waals surface area contributed by atoms with Crippen molar-refractivity contribution in [1.29, 1.82) is 0 Å². The molecular formula is C37H37N6OOs.